The molecule has 0 unspecified atom stereocenters. The van der Waals surface area contributed by atoms with Gasteiger partial charge in [0.2, 0.25) is 0 Å². The molecule has 0 fully saturated rings. The zero-order valence-electron chi connectivity index (χ0n) is 42.9. The van der Waals surface area contributed by atoms with Gasteiger partial charge in [-0.3, -0.25) is 9.98 Å². The van der Waals surface area contributed by atoms with Crippen LogP contribution in [-0.2, 0) is 0 Å². The Morgan fingerprint density at radius 1 is 0.354 bits per heavy atom. The standard InChI is InChI=1S/C73H47N3O3/c1-4-19-45(20-5-1)58-42-48(43-68-70(58)56-26-11-14-34-64(56)78-68)61-32-18-31-60(46-21-6-2-7-22-46)74-44-62(75-61)55-30-17-36-67-69(55)59-41-47(37-40-66(59)77-67)50-38-39-54(73-71(50)57-27-12-15-35-65(57)79-73)53-29-16-28-52-51-25-10-13-33-63(51)76(72(52)53)49-23-8-3-9-24-49/h1-17,19-30,32-43H,18,31,44H2/b61-32-,74-60-,75-62+. The summed E-state index contributed by atoms with van der Waals surface area (Å²) in [5.74, 6) is 0. The highest BCUT2D eigenvalue weighted by Crippen LogP contribution is 2.47. The zero-order valence-corrected chi connectivity index (χ0v) is 42.9. The molecule has 16 rings (SSSR count). The second kappa shape index (κ2) is 18.2. The van der Waals surface area contributed by atoms with Crippen LogP contribution in [-0.4, -0.2) is 22.5 Å². The Hall–Kier alpha value is -10.3. The van der Waals surface area contributed by atoms with E-state index >= 15 is 0 Å². The molecule has 1 aliphatic heterocycles. The lowest BCUT2D eigenvalue weighted by Gasteiger charge is -2.13. The molecule has 15 aromatic rings. The molecule has 372 valence electrons. The summed E-state index contributed by atoms with van der Waals surface area (Å²) < 4.78 is 22.9. The summed E-state index contributed by atoms with van der Waals surface area (Å²) in [6, 6.07) is 85.8. The third-order valence-corrected chi connectivity index (χ3v) is 16.0. The highest BCUT2D eigenvalue weighted by molar-refractivity contribution is 6.24. The first-order valence-electron chi connectivity index (χ1n) is 27.0. The lowest BCUT2D eigenvalue weighted by Crippen LogP contribution is -2.09. The number of aliphatic imine (C=N–C) groups is 2. The van der Waals surface area contributed by atoms with Crippen molar-refractivity contribution in [2.24, 2.45) is 9.98 Å². The van der Waals surface area contributed by atoms with E-state index in [2.05, 4.69) is 241 Å². The molecular weight excluding hydrogens is 967 g/mol. The summed E-state index contributed by atoms with van der Waals surface area (Å²) in [5, 5.41) is 8.71. The number of nitrogens with zero attached hydrogens (tertiary/aromatic N) is 3. The minimum Gasteiger partial charge on any atom is -0.456 e. The Morgan fingerprint density at radius 3 is 1.80 bits per heavy atom. The number of hydrogen-bond donors (Lipinski definition) is 0. The maximum atomic E-state index is 7.03. The van der Waals surface area contributed by atoms with Gasteiger partial charge in [0, 0.05) is 76.7 Å². The number of fused-ring (bicyclic) bond motifs is 12. The fourth-order valence-electron chi connectivity index (χ4n) is 12.5. The average molecular weight is 1010 g/mol. The fourth-order valence-corrected chi connectivity index (χ4v) is 12.5. The Bertz CT molecular complexity index is 5030. The maximum Gasteiger partial charge on any atom is 0.143 e. The van der Waals surface area contributed by atoms with Crippen LogP contribution in [0.25, 0.3) is 132 Å². The smallest absolute Gasteiger partial charge is 0.143 e. The van der Waals surface area contributed by atoms with Crippen LogP contribution in [0.2, 0.25) is 0 Å². The lowest BCUT2D eigenvalue weighted by molar-refractivity contribution is 0.668. The first kappa shape index (κ1) is 44.9. The summed E-state index contributed by atoms with van der Waals surface area (Å²) >= 11 is 0. The van der Waals surface area contributed by atoms with Crippen molar-refractivity contribution in [2.45, 2.75) is 12.8 Å². The van der Waals surface area contributed by atoms with Gasteiger partial charge >= 0.3 is 0 Å². The third-order valence-electron chi connectivity index (χ3n) is 16.0. The topological polar surface area (TPSA) is 69.1 Å². The first-order valence-corrected chi connectivity index (χ1v) is 27.0. The summed E-state index contributed by atoms with van der Waals surface area (Å²) in [4.78, 5) is 11.1. The average Bonchev–Trinajstić information content (AvgIpc) is 4.32. The first-order chi connectivity index (χ1) is 39.2. The number of rotatable bonds is 7. The van der Waals surface area contributed by atoms with Crippen LogP contribution in [0, 0.1) is 0 Å². The SMILES string of the molecule is C1=C(c2cc(-c3ccccc3)c3c(c2)oc2ccccc23)\N=C(\c2cccc3oc4ccc(-c5ccc(-c6cccc7c8ccccc8n(-c8ccccc8)c67)c6oc7ccccc7c56)cc4c23)C/N=C(\c2ccccc2)CC/1. The van der Waals surface area contributed by atoms with Gasteiger partial charge in [0.05, 0.1) is 29.0 Å². The summed E-state index contributed by atoms with van der Waals surface area (Å²) in [7, 11) is 0. The molecule has 11 aromatic carbocycles. The molecule has 0 bridgehead atoms. The Morgan fingerprint density at radius 2 is 0.975 bits per heavy atom. The molecule has 0 saturated carbocycles. The summed E-state index contributed by atoms with van der Waals surface area (Å²) in [5.41, 5.74) is 20.7. The maximum absolute atomic E-state index is 7.03. The van der Waals surface area contributed by atoms with Crippen molar-refractivity contribution in [3.05, 3.63) is 265 Å². The number of furan rings is 3. The van der Waals surface area contributed by atoms with Crippen molar-refractivity contribution >= 4 is 105 Å². The molecule has 4 aromatic heterocycles. The van der Waals surface area contributed by atoms with E-state index in [1.807, 2.05) is 12.1 Å². The van der Waals surface area contributed by atoms with Gasteiger partial charge in [-0.05, 0) is 107 Å². The predicted octanol–water partition coefficient (Wildman–Crippen LogP) is 19.6. The monoisotopic (exact) mass is 1010 g/mol. The Kier molecular flexibility index (Phi) is 10.3. The van der Waals surface area contributed by atoms with Gasteiger partial charge in [0.15, 0.2) is 0 Å². The minimum absolute atomic E-state index is 0.366. The number of para-hydroxylation sites is 5. The molecule has 0 amide bonds. The zero-order chi connectivity index (χ0) is 52.0. The van der Waals surface area contributed by atoms with Crippen LogP contribution >= 0.6 is 0 Å². The van der Waals surface area contributed by atoms with Crippen LogP contribution in [0.1, 0.15) is 29.5 Å². The van der Waals surface area contributed by atoms with Crippen LogP contribution in [0.4, 0.5) is 0 Å². The normalized spacial score (nSPS) is 15.4. The van der Waals surface area contributed by atoms with Gasteiger partial charge in [0.25, 0.3) is 0 Å². The Labute approximate surface area is 454 Å². The van der Waals surface area contributed by atoms with Crippen LogP contribution in [0.3, 0.4) is 0 Å². The molecule has 0 radical (unpaired) electrons. The van der Waals surface area contributed by atoms with E-state index in [0.29, 0.717) is 6.54 Å². The summed E-state index contributed by atoms with van der Waals surface area (Å²) in [6.07, 6.45) is 3.79. The van der Waals surface area contributed by atoms with E-state index in [1.165, 1.54) is 10.8 Å². The molecule has 0 N–H and O–H groups in total. The van der Waals surface area contributed by atoms with Gasteiger partial charge < -0.3 is 17.8 Å². The fraction of sp³-hybridized carbons (Fsp3) is 0.0411. The van der Waals surface area contributed by atoms with Crippen LogP contribution < -0.4 is 0 Å². The number of aromatic nitrogens is 1. The Balaban J connectivity index is 0.891. The minimum atomic E-state index is 0.366. The van der Waals surface area contributed by atoms with Crippen molar-refractivity contribution in [1.82, 2.24) is 4.57 Å². The van der Waals surface area contributed by atoms with Gasteiger partial charge in [-0.2, -0.15) is 0 Å². The van der Waals surface area contributed by atoms with Gasteiger partial charge in [-0.15, -0.1) is 0 Å². The second-order valence-corrected chi connectivity index (χ2v) is 20.5. The molecule has 6 heteroatoms. The van der Waals surface area contributed by atoms with Crippen LogP contribution in [0.15, 0.2) is 272 Å². The second-order valence-electron chi connectivity index (χ2n) is 20.5. The van der Waals surface area contributed by atoms with Crippen molar-refractivity contribution in [2.75, 3.05) is 6.54 Å². The van der Waals surface area contributed by atoms with Gasteiger partial charge in [-0.25, -0.2) is 0 Å². The van der Waals surface area contributed by atoms with E-state index in [4.69, 9.17) is 23.2 Å². The van der Waals surface area contributed by atoms with E-state index in [-0.39, 0.29) is 0 Å². The molecule has 0 saturated heterocycles. The molecule has 79 heavy (non-hydrogen) atoms. The van der Waals surface area contributed by atoms with Crippen molar-refractivity contribution in [3.8, 4) is 39.1 Å². The van der Waals surface area contributed by atoms with Gasteiger partial charge in [0.1, 0.15) is 33.5 Å². The van der Waals surface area contributed by atoms with Crippen LogP contribution in [0.5, 0.6) is 0 Å². The van der Waals surface area contributed by atoms with Crippen molar-refractivity contribution < 1.29 is 13.3 Å². The van der Waals surface area contributed by atoms with Gasteiger partial charge in [-0.1, -0.05) is 182 Å². The molecule has 0 atom stereocenters. The molecule has 1 aliphatic rings. The number of allylic oxidation sites excluding steroid dienone is 1. The van der Waals surface area contributed by atoms with Crippen molar-refractivity contribution in [1.29, 1.82) is 0 Å². The quantitative estimate of drug-likeness (QED) is 0.160. The number of benzene rings is 11. The molecule has 0 spiro atoms. The molecule has 0 aliphatic carbocycles. The van der Waals surface area contributed by atoms with E-state index in [1.54, 1.807) is 0 Å². The van der Waals surface area contributed by atoms with E-state index in [0.717, 1.165) is 163 Å². The van der Waals surface area contributed by atoms with E-state index in [9.17, 15) is 0 Å². The number of hydrogen-bond acceptors (Lipinski definition) is 5. The lowest BCUT2D eigenvalue weighted by atomic mass is 9.92. The third kappa shape index (κ3) is 7.33. The summed E-state index contributed by atoms with van der Waals surface area (Å²) in [6.45, 7) is 0.366. The molecule has 5 heterocycles. The van der Waals surface area contributed by atoms with Crippen molar-refractivity contribution in [3.63, 3.8) is 0 Å². The highest BCUT2D eigenvalue weighted by atomic mass is 16.3. The predicted molar refractivity (Wildman–Crippen MR) is 327 cm³/mol. The highest BCUT2D eigenvalue weighted by Gasteiger charge is 2.24. The molecule has 6 nitrogen and oxygen atoms in total. The largest absolute Gasteiger partial charge is 0.456 e. The van der Waals surface area contributed by atoms with E-state index < -0.39 is 0 Å². The molecular formula is C73H47N3O3.